The minimum absolute atomic E-state index is 0.0553. The van der Waals surface area contributed by atoms with Crippen molar-refractivity contribution in [3.63, 3.8) is 0 Å². The van der Waals surface area contributed by atoms with Crippen LogP contribution >= 0.6 is 0 Å². The van der Waals surface area contributed by atoms with E-state index in [9.17, 15) is 14.7 Å². The number of carbonyl (C=O) groups is 2. The second-order valence-electron chi connectivity index (χ2n) is 7.58. The van der Waals surface area contributed by atoms with Crippen LogP contribution in [0.25, 0.3) is 10.9 Å². The Hall–Kier alpha value is -3.12. The Labute approximate surface area is 169 Å². The molecule has 0 unspecified atom stereocenters. The van der Waals surface area contributed by atoms with Crippen molar-refractivity contribution < 1.29 is 14.7 Å². The zero-order valence-electron chi connectivity index (χ0n) is 16.7. The first kappa shape index (κ1) is 19.2. The fourth-order valence-corrected chi connectivity index (χ4v) is 4.26. The Balaban J connectivity index is 1.54. The van der Waals surface area contributed by atoms with Crippen LogP contribution in [-0.4, -0.2) is 52.9 Å². The van der Waals surface area contributed by atoms with Gasteiger partial charge in [0, 0.05) is 59.6 Å². The number of H-pyrrole nitrogens is 1. The van der Waals surface area contributed by atoms with Gasteiger partial charge in [-0.05, 0) is 44.2 Å². The van der Waals surface area contributed by atoms with E-state index < -0.39 is 12.0 Å². The van der Waals surface area contributed by atoms with Crippen molar-refractivity contribution in [3.8, 4) is 0 Å². The summed E-state index contributed by atoms with van der Waals surface area (Å²) in [5.41, 5.74) is 4.49. The summed E-state index contributed by atoms with van der Waals surface area (Å²) in [6.45, 7) is 6.30. The number of aromatic nitrogens is 1. The molecule has 2 N–H and O–H groups in total. The van der Waals surface area contributed by atoms with Gasteiger partial charge in [-0.2, -0.15) is 0 Å². The number of ketones is 1. The highest BCUT2D eigenvalue weighted by molar-refractivity contribution is 5.94. The van der Waals surface area contributed by atoms with Crippen LogP contribution in [0.5, 0.6) is 0 Å². The standard InChI is InChI=1S/C23H25N3O3/c1-15-21(19-5-3-4-6-20(19)24-15)22(23(28)29)26-13-11-25(12-14-26)18-9-7-17(8-10-18)16(2)27/h3-10,22,24H,11-14H2,1-2H3,(H,28,29)/t22-/m1/s1. The van der Waals surface area contributed by atoms with E-state index in [2.05, 4.69) is 9.88 Å². The summed E-state index contributed by atoms with van der Waals surface area (Å²) in [6.07, 6.45) is 0. The Bertz CT molecular complexity index is 1050. The summed E-state index contributed by atoms with van der Waals surface area (Å²) in [5.74, 6) is -0.767. The van der Waals surface area contributed by atoms with E-state index in [-0.39, 0.29) is 5.78 Å². The van der Waals surface area contributed by atoms with Crippen LogP contribution in [0.2, 0.25) is 0 Å². The van der Waals surface area contributed by atoms with Crippen LogP contribution < -0.4 is 4.90 Å². The number of Topliss-reactive ketones (excluding diaryl/α,β-unsaturated/α-hetero) is 1. The molecule has 3 aromatic rings. The molecular weight excluding hydrogens is 366 g/mol. The molecule has 1 aliphatic heterocycles. The summed E-state index contributed by atoms with van der Waals surface area (Å²) in [7, 11) is 0. The first-order valence-electron chi connectivity index (χ1n) is 9.85. The second kappa shape index (κ2) is 7.72. The SMILES string of the molecule is CC(=O)c1ccc(N2CCN([C@@H](C(=O)O)c3c(C)[nH]c4ccccc34)CC2)cc1. The smallest absolute Gasteiger partial charge is 0.325 e. The molecular formula is C23H25N3O3. The lowest BCUT2D eigenvalue weighted by Gasteiger charge is -2.39. The summed E-state index contributed by atoms with van der Waals surface area (Å²) < 4.78 is 0. The van der Waals surface area contributed by atoms with E-state index in [0.29, 0.717) is 18.7 Å². The van der Waals surface area contributed by atoms with E-state index >= 15 is 0 Å². The number of hydrogen-bond donors (Lipinski definition) is 2. The first-order chi connectivity index (χ1) is 14.0. The van der Waals surface area contributed by atoms with Crippen LogP contribution in [0.4, 0.5) is 5.69 Å². The number of carboxylic acids is 1. The molecule has 1 saturated heterocycles. The number of nitrogens with zero attached hydrogens (tertiary/aromatic N) is 2. The van der Waals surface area contributed by atoms with Crippen LogP contribution in [0.15, 0.2) is 48.5 Å². The number of aromatic amines is 1. The molecule has 0 amide bonds. The predicted molar refractivity (Wildman–Crippen MR) is 114 cm³/mol. The van der Waals surface area contributed by atoms with Crippen molar-refractivity contribution in [2.75, 3.05) is 31.1 Å². The molecule has 2 aromatic carbocycles. The Morgan fingerprint density at radius 2 is 1.66 bits per heavy atom. The van der Waals surface area contributed by atoms with Gasteiger partial charge in [0.15, 0.2) is 5.78 Å². The lowest BCUT2D eigenvalue weighted by molar-refractivity contribution is -0.143. The molecule has 0 saturated carbocycles. The van der Waals surface area contributed by atoms with Crippen molar-refractivity contribution in [3.05, 3.63) is 65.4 Å². The summed E-state index contributed by atoms with van der Waals surface area (Å²) in [5, 5.41) is 11.0. The Morgan fingerprint density at radius 3 is 2.28 bits per heavy atom. The van der Waals surface area contributed by atoms with Gasteiger partial charge in [0.25, 0.3) is 0 Å². The van der Waals surface area contributed by atoms with Gasteiger partial charge < -0.3 is 15.0 Å². The van der Waals surface area contributed by atoms with Crippen LogP contribution in [-0.2, 0) is 4.79 Å². The molecule has 4 rings (SSSR count). The van der Waals surface area contributed by atoms with Crippen molar-refractivity contribution >= 4 is 28.3 Å². The topological polar surface area (TPSA) is 76.6 Å². The average Bonchev–Trinajstić information content (AvgIpc) is 3.04. The number of para-hydroxylation sites is 1. The highest BCUT2D eigenvalue weighted by atomic mass is 16.4. The Kier molecular flexibility index (Phi) is 5.11. The third-order valence-corrected chi connectivity index (χ3v) is 5.77. The van der Waals surface area contributed by atoms with E-state index in [1.165, 1.54) is 0 Å². The molecule has 0 aliphatic carbocycles. The lowest BCUT2D eigenvalue weighted by atomic mass is 10.0. The van der Waals surface area contributed by atoms with Gasteiger partial charge in [0.1, 0.15) is 6.04 Å². The number of aliphatic carboxylic acids is 1. The predicted octanol–water partition coefficient (Wildman–Crippen LogP) is 3.63. The fourth-order valence-electron chi connectivity index (χ4n) is 4.26. The first-order valence-corrected chi connectivity index (χ1v) is 9.85. The minimum Gasteiger partial charge on any atom is -0.480 e. The van der Waals surface area contributed by atoms with Gasteiger partial charge in [-0.15, -0.1) is 0 Å². The van der Waals surface area contributed by atoms with Crippen molar-refractivity contribution in [2.45, 2.75) is 19.9 Å². The molecule has 1 fully saturated rings. The second-order valence-corrected chi connectivity index (χ2v) is 7.58. The highest BCUT2D eigenvalue weighted by Crippen LogP contribution is 2.33. The number of fused-ring (bicyclic) bond motifs is 1. The van der Waals surface area contributed by atoms with E-state index in [1.807, 2.05) is 60.4 Å². The number of carboxylic acid groups (broad SMARTS) is 1. The third-order valence-electron chi connectivity index (χ3n) is 5.77. The summed E-state index contributed by atoms with van der Waals surface area (Å²) in [4.78, 5) is 31.3. The zero-order valence-corrected chi connectivity index (χ0v) is 16.7. The zero-order chi connectivity index (χ0) is 20.5. The summed E-state index contributed by atoms with van der Waals surface area (Å²) >= 11 is 0. The number of anilines is 1. The van der Waals surface area contributed by atoms with Crippen LogP contribution in [0.3, 0.4) is 0 Å². The normalized spacial score (nSPS) is 16.1. The largest absolute Gasteiger partial charge is 0.480 e. The minimum atomic E-state index is -0.822. The fraction of sp³-hybridized carbons (Fsp3) is 0.304. The van der Waals surface area contributed by atoms with E-state index in [4.69, 9.17) is 0 Å². The monoisotopic (exact) mass is 391 g/mol. The molecule has 0 bridgehead atoms. The Morgan fingerprint density at radius 1 is 1.00 bits per heavy atom. The maximum atomic E-state index is 12.2. The van der Waals surface area contributed by atoms with Crippen molar-refractivity contribution in [2.24, 2.45) is 0 Å². The van der Waals surface area contributed by atoms with Crippen molar-refractivity contribution in [1.29, 1.82) is 0 Å². The number of aryl methyl sites for hydroxylation is 1. The van der Waals surface area contributed by atoms with E-state index in [0.717, 1.165) is 40.9 Å². The van der Waals surface area contributed by atoms with Gasteiger partial charge in [-0.1, -0.05) is 18.2 Å². The molecule has 2 heterocycles. The number of rotatable bonds is 5. The third kappa shape index (κ3) is 3.63. The molecule has 1 atom stereocenters. The van der Waals surface area contributed by atoms with Gasteiger partial charge in [-0.3, -0.25) is 14.5 Å². The molecule has 29 heavy (non-hydrogen) atoms. The molecule has 0 radical (unpaired) electrons. The number of carbonyl (C=O) groups excluding carboxylic acids is 1. The molecule has 6 nitrogen and oxygen atoms in total. The molecule has 0 spiro atoms. The van der Waals surface area contributed by atoms with Crippen LogP contribution in [0.1, 0.15) is 34.6 Å². The lowest BCUT2D eigenvalue weighted by Crippen LogP contribution is -2.49. The number of nitrogens with one attached hydrogen (secondary N) is 1. The maximum absolute atomic E-state index is 12.2. The number of piperazine rings is 1. The maximum Gasteiger partial charge on any atom is 0.325 e. The molecule has 150 valence electrons. The molecule has 1 aliphatic rings. The van der Waals surface area contributed by atoms with Gasteiger partial charge >= 0.3 is 5.97 Å². The highest BCUT2D eigenvalue weighted by Gasteiger charge is 2.33. The number of hydrogen-bond acceptors (Lipinski definition) is 4. The van der Waals surface area contributed by atoms with Gasteiger partial charge in [0.2, 0.25) is 0 Å². The average molecular weight is 391 g/mol. The quantitative estimate of drug-likeness (QED) is 0.650. The van der Waals surface area contributed by atoms with Crippen molar-refractivity contribution in [1.82, 2.24) is 9.88 Å². The molecule has 6 heteroatoms. The summed E-state index contributed by atoms with van der Waals surface area (Å²) in [6, 6.07) is 14.8. The van der Waals surface area contributed by atoms with E-state index in [1.54, 1.807) is 6.92 Å². The number of benzene rings is 2. The van der Waals surface area contributed by atoms with Gasteiger partial charge in [-0.25, -0.2) is 0 Å². The van der Waals surface area contributed by atoms with Crippen LogP contribution in [0, 0.1) is 6.92 Å². The van der Waals surface area contributed by atoms with Gasteiger partial charge in [0.05, 0.1) is 0 Å². The molecule has 1 aromatic heterocycles.